The van der Waals surface area contributed by atoms with Gasteiger partial charge in [0.15, 0.2) is 0 Å². The lowest BCUT2D eigenvalue weighted by Crippen LogP contribution is -2.20. The molecular weight excluding hydrogens is 238 g/mol. The van der Waals surface area contributed by atoms with Crippen LogP contribution in [0.15, 0.2) is 4.42 Å². The van der Waals surface area contributed by atoms with Crippen LogP contribution >= 0.6 is 0 Å². The highest BCUT2D eigenvalue weighted by atomic mass is 16.5. The molecule has 0 fully saturated rings. The number of ether oxygens (including phenoxy) is 1. The summed E-state index contributed by atoms with van der Waals surface area (Å²) in [6, 6.07) is 0.322. The van der Waals surface area contributed by atoms with Crippen molar-refractivity contribution in [2.75, 3.05) is 39.2 Å². The Hall–Kier alpha value is -1.67. The SMILES string of the molecule is CNC(=O)CCNc1nnc(CNCCOC)o1. The number of rotatable bonds is 9. The lowest BCUT2D eigenvalue weighted by atomic mass is 10.4. The molecule has 0 aliphatic rings. The second kappa shape index (κ2) is 8.43. The lowest BCUT2D eigenvalue weighted by Gasteiger charge is -2.00. The summed E-state index contributed by atoms with van der Waals surface area (Å²) in [6.07, 6.45) is 0.361. The van der Waals surface area contributed by atoms with Gasteiger partial charge in [-0.05, 0) is 0 Å². The first-order chi connectivity index (χ1) is 8.76. The van der Waals surface area contributed by atoms with Crippen molar-refractivity contribution in [2.24, 2.45) is 0 Å². The topological polar surface area (TPSA) is 101 Å². The van der Waals surface area contributed by atoms with Crippen LogP contribution in [0.2, 0.25) is 0 Å². The van der Waals surface area contributed by atoms with Crippen molar-refractivity contribution < 1.29 is 13.9 Å². The second-order valence-electron chi connectivity index (χ2n) is 3.52. The maximum Gasteiger partial charge on any atom is 0.315 e. The van der Waals surface area contributed by atoms with E-state index < -0.39 is 0 Å². The van der Waals surface area contributed by atoms with Gasteiger partial charge in [0.1, 0.15) is 0 Å². The predicted molar refractivity (Wildman–Crippen MR) is 65.1 cm³/mol. The van der Waals surface area contributed by atoms with Crippen molar-refractivity contribution in [1.29, 1.82) is 0 Å². The molecule has 0 aromatic carbocycles. The van der Waals surface area contributed by atoms with Crippen molar-refractivity contribution in [1.82, 2.24) is 20.8 Å². The Bertz CT molecular complexity index is 355. The van der Waals surface area contributed by atoms with Crippen LogP contribution in [0.25, 0.3) is 0 Å². The summed E-state index contributed by atoms with van der Waals surface area (Å²) in [7, 11) is 3.24. The van der Waals surface area contributed by atoms with Gasteiger partial charge in [0.05, 0.1) is 13.2 Å². The number of methoxy groups -OCH3 is 1. The van der Waals surface area contributed by atoms with Crippen molar-refractivity contribution >= 4 is 11.9 Å². The molecule has 0 aliphatic carbocycles. The number of anilines is 1. The van der Waals surface area contributed by atoms with Crippen LogP contribution in [0.3, 0.4) is 0 Å². The van der Waals surface area contributed by atoms with E-state index in [1.165, 1.54) is 0 Å². The molecule has 102 valence electrons. The average Bonchev–Trinajstić information content (AvgIpc) is 2.82. The molecule has 1 rings (SSSR count). The smallest absolute Gasteiger partial charge is 0.315 e. The molecule has 0 aliphatic heterocycles. The molecule has 0 saturated carbocycles. The number of aromatic nitrogens is 2. The fraction of sp³-hybridized carbons (Fsp3) is 0.700. The predicted octanol–water partition coefficient (Wildman–Crippen LogP) is -0.646. The van der Waals surface area contributed by atoms with Gasteiger partial charge in [0, 0.05) is 33.7 Å². The summed E-state index contributed by atoms with van der Waals surface area (Å²) in [4.78, 5) is 11.0. The average molecular weight is 257 g/mol. The zero-order valence-corrected chi connectivity index (χ0v) is 10.7. The minimum Gasteiger partial charge on any atom is -0.407 e. The molecule has 1 aromatic heterocycles. The van der Waals surface area contributed by atoms with Gasteiger partial charge in [-0.25, -0.2) is 0 Å². The normalized spacial score (nSPS) is 10.3. The highest BCUT2D eigenvalue weighted by Crippen LogP contribution is 2.04. The number of nitrogens with one attached hydrogen (secondary N) is 3. The molecular formula is C10H19N5O3. The fourth-order valence-corrected chi connectivity index (χ4v) is 1.17. The van der Waals surface area contributed by atoms with E-state index in [1.807, 2.05) is 0 Å². The molecule has 8 nitrogen and oxygen atoms in total. The quantitative estimate of drug-likeness (QED) is 0.505. The molecule has 3 N–H and O–H groups in total. The molecule has 1 amide bonds. The Balaban J connectivity index is 2.19. The van der Waals surface area contributed by atoms with E-state index in [4.69, 9.17) is 9.15 Å². The molecule has 0 radical (unpaired) electrons. The first-order valence-corrected chi connectivity index (χ1v) is 5.72. The van der Waals surface area contributed by atoms with Gasteiger partial charge in [0.25, 0.3) is 0 Å². The lowest BCUT2D eigenvalue weighted by molar-refractivity contribution is -0.120. The van der Waals surface area contributed by atoms with E-state index in [1.54, 1.807) is 14.2 Å². The van der Waals surface area contributed by atoms with Crippen LogP contribution < -0.4 is 16.0 Å². The molecule has 0 spiro atoms. The Morgan fingerprint density at radius 3 is 2.94 bits per heavy atom. The third-order valence-electron chi connectivity index (χ3n) is 2.13. The van der Waals surface area contributed by atoms with Crippen LogP contribution in [0.1, 0.15) is 12.3 Å². The van der Waals surface area contributed by atoms with Gasteiger partial charge in [-0.1, -0.05) is 5.10 Å². The van der Waals surface area contributed by atoms with Crippen molar-refractivity contribution in [3.63, 3.8) is 0 Å². The number of carbonyl (C=O) groups is 1. The minimum atomic E-state index is -0.0385. The number of amides is 1. The zero-order valence-electron chi connectivity index (χ0n) is 10.7. The Morgan fingerprint density at radius 2 is 2.22 bits per heavy atom. The molecule has 1 heterocycles. The van der Waals surface area contributed by atoms with Crippen LogP contribution in [0.4, 0.5) is 6.01 Å². The van der Waals surface area contributed by atoms with Crippen LogP contribution in [0, 0.1) is 0 Å². The van der Waals surface area contributed by atoms with E-state index in [0.717, 1.165) is 6.54 Å². The van der Waals surface area contributed by atoms with Crippen molar-refractivity contribution in [3.8, 4) is 0 Å². The maximum atomic E-state index is 11.0. The van der Waals surface area contributed by atoms with Gasteiger partial charge in [-0.3, -0.25) is 4.79 Å². The van der Waals surface area contributed by atoms with E-state index in [-0.39, 0.29) is 5.91 Å². The van der Waals surface area contributed by atoms with E-state index in [0.29, 0.717) is 38.0 Å². The van der Waals surface area contributed by atoms with E-state index in [9.17, 15) is 4.79 Å². The molecule has 18 heavy (non-hydrogen) atoms. The highest BCUT2D eigenvalue weighted by Gasteiger charge is 2.05. The molecule has 0 bridgehead atoms. The first kappa shape index (κ1) is 14.4. The number of hydrogen-bond donors (Lipinski definition) is 3. The third kappa shape index (κ3) is 5.60. The maximum absolute atomic E-state index is 11.0. The van der Waals surface area contributed by atoms with Crippen molar-refractivity contribution in [2.45, 2.75) is 13.0 Å². The summed E-state index contributed by atoms with van der Waals surface area (Å²) >= 11 is 0. The minimum absolute atomic E-state index is 0.0385. The van der Waals surface area contributed by atoms with Crippen LogP contribution in [0.5, 0.6) is 0 Å². The van der Waals surface area contributed by atoms with Gasteiger partial charge >= 0.3 is 6.01 Å². The summed E-state index contributed by atoms with van der Waals surface area (Å²) in [5, 5.41) is 16.1. The van der Waals surface area contributed by atoms with Crippen LogP contribution in [-0.2, 0) is 16.1 Å². The molecule has 1 aromatic rings. The Labute approximate surface area is 105 Å². The van der Waals surface area contributed by atoms with Gasteiger partial charge in [-0.2, -0.15) is 0 Å². The monoisotopic (exact) mass is 257 g/mol. The number of hydrogen-bond acceptors (Lipinski definition) is 7. The van der Waals surface area contributed by atoms with Gasteiger partial charge in [0.2, 0.25) is 11.8 Å². The number of nitrogens with zero attached hydrogens (tertiary/aromatic N) is 2. The fourth-order valence-electron chi connectivity index (χ4n) is 1.17. The summed E-state index contributed by atoms with van der Waals surface area (Å²) in [5.41, 5.74) is 0. The molecule has 0 unspecified atom stereocenters. The van der Waals surface area contributed by atoms with Gasteiger partial charge in [-0.15, -0.1) is 5.10 Å². The Kier molecular flexibility index (Phi) is 6.74. The Morgan fingerprint density at radius 1 is 1.39 bits per heavy atom. The van der Waals surface area contributed by atoms with Crippen molar-refractivity contribution in [3.05, 3.63) is 5.89 Å². The summed E-state index contributed by atoms with van der Waals surface area (Å²) < 4.78 is 10.2. The zero-order chi connectivity index (χ0) is 13.2. The second-order valence-corrected chi connectivity index (χ2v) is 3.52. The largest absolute Gasteiger partial charge is 0.407 e. The van der Waals surface area contributed by atoms with E-state index in [2.05, 4.69) is 26.1 Å². The standard InChI is InChI=1S/C10H19N5O3/c1-11-8(16)3-4-13-10-15-14-9(18-10)7-12-5-6-17-2/h12H,3-7H2,1-2H3,(H,11,16)(H,13,15). The van der Waals surface area contributed by atoms with E-state index >= 15 is 0 Å². The number of carbonyl (C=O) groups excluding carboxylic acids is 1. The molecule has 8 heteroatoms. The molecule has 0 saturated heterocycles. The molecule has 0 atom stereocenters. The van der Waals surface area contributed by atoms with Gasteiger partial charge < -0.3 is 25.1 Å². The highest BCUT2D eigenvalue weighted by molar-refractivity contribution is 5.75. The summed E-state index contributed by atoms with van der Waals surface area (Å²) in [5.74, 6) is 0.456. The first-order valence-electron chi connectivity index (χ1n) is 5.72. The van der Waals surface area contributed by atoms with Crippen LogP contribution in [-0.4, -0.2) is 50.0 Å². The third-order valence-corrected chi connectivity index (χ3v) is 2.13. The summed E-state index contributed by atoms with van der Waals surface area (Å²) in [6.45, 7) is 2.30.